The maximum absolute atomic E-state index is 13.6. The Balaban J connectivity index is 1.71. The van der Waals surface area contributed by atoms with Crippen molar-refractivity contribution in [3.63, 3.8) is 0 Å². The van der Waals surface area contributed by atoms with Crippen LogP contribution in [-0.4, -0.2) is 70.9 Å². The molecule has 0 unspecified atom stereocenters. The largest absolute Gasteiger partial charge is 0.421 e. The van der Waals surface area contributed by atoms with E-state index < -0.39 is 43.7 Å². The van der Waals surface area contributed by atoms with Crippen LogP contribution in [0.4, 0.5) is 28.9 Å². The Bertz CT molecular complexity index is 1530. The summed E-state index contributed by atoms with van der Waals surface area (Å²) >= 11 is 1.04. The van der Waals surface area contributed by atoms with Gasteiger partial charge in [0, 0.05) is 25.3 Å². The summed E-state index contributed by atoms with van der Waals surface area (Å²) in [6.45, 7) is 0.420. The van der Waals surface area contributed by atoms with Gasteiger partial charge in [0.05, 0.1) is 24.5 Å². The van der Waals surface area contributed by atoms with Gasteiger partial charge in [-0.15, -0.1) is 11.3 Å². The quantitative estimate of drug-likeness (QED) is 0.382. The summed E-state index contributed by atoms with van der Waals surface area (Å²) in [5, 5.41) is 11.7. The van der Waals surface area contributed by atoms with Crippen LogP contribution < -0.4 is 9.21 Å². The highest BCUT2D eigenvalue weighted by Gasteiger charge is 2.51. The van der Waals surface area contributed by atoms with E-state index in [0.717, 1.165) is 46.2 Å². The molecule has 1 N–H and O–H groups in total. The van der Waals surface area contributed by atoms with Gasteiger partial charge in [0.2, 0.25) is 10.0 Å². The lowest BCUT2D eigenvalue weighted by Crippen LogP contribution is -2.59. The van der Waals surface area contributed by atoms with Crippen LogP contribution in [-0.2, 0) is 25.6 Å². The summed E-state index contributed by atoms with van der Waals surface area (Å²) in [5.41, 5.74) is -2.90. The number of hydrogen-bond acceptors (Lipinski definition) is 7. The smallest absolute Gasteiger partial charge is 0.376 e. The number of rotatable bonds is 8. The minimum absolute atomic E-state index is 0.0359. The minimum Gasteiger partial charge on any atom is -0.376 e. The summed E-state index contributed by atoms with van der Waals surface area (Å²) < 4.78 is 108. The third kappa shape index (κ3) is 6.12. The first kappa shape index (κ1) is 30.2. The molecule has 0 radical (unpaired) electrons. The van der Waals surface area contributed by atoms with Crippen LogP contribution in [0.5, 0.6) is 0 Å². The summed E-state index contributed by atoms with van der Waals surface area (Å²) in [6.07, 6.45) is -3.94. The highest BCUT2D eigenvalue weighted by Crippen LogP contribution is 2.39. The van der Waals surface area contributed by atoms with Gasteiger partial charge in [-0.05, 0) is 60.3 Å². The van der Waals surface area contributed by atoms with Crippen LogP contribution in [0.1, 0.15) is 12.5 Å². The number of piperazine rings is 1. The Hall–Kier alpha value is -2.72. The van der Waals surface area contributed by atoms with E-state index in [2.05, 4.69) is 0 Å². The molecule has 1 aromatic heterocycles. The molecule has 2 heterocycles. The van der Waals surface area contributed by atoms with Crippen molar-refractivity contribution >= 4 is 42.8 Å². The lowest BCUT2D eigenvalue weighted by Gasteiger charge is -2.44. The molecule has 0 aliphatic carbocycles. The molecular weight excluding hydrogens is 594 g/mol. The third-order valence-corrected chi connectivity index (χ3v) is 11.1. The second kappa shape index (κ2) is 10.9. The SMILES string of the molecule is C[C@](O)(c1ccc(N2CCN(S(=O)(=O)c3cccs3)C[C@@H]2CN(c2ccc(F)cc2)S(C)(=O)=O)cc1)C(F)(F)F. The molecule has 8 nitrogen and oxygen atoms in total. The van der Waals surface area contributed by atoms with Crippen LogP contribution >= 0.6 is 11.3 Å². The third-order valence-electron chi connectivity index (χ3n) is 6.74. The molecule has 15 heteroatoms. The van der Waals surface area contributed by atoms with E-state index in [4.69, 9.17) is 0 Å². The van der Waals surface area contributed by atoms with Crippen molar-refractivity contribution in [3.05, 3.63) is 77.4 Å². The molecule has 1 saturated heterocycles. The zero-order chi connectivity index (χ0) is 29.5. The van der Waals surface area contributed by atoms with Crippen molar-refractivity contribution in [2.75, 3.05) is 41.6 Å². The fraction of sp³-hybridized carbons (Fsp3) is 0.360. The Morgan fingerprint density at radius 1 is 1.00 bits per heavy atom. The van der Waals surface area contributed by atoms with Gasteiger partial charge in [-0.3, -0.25) is 4.31 Å². The zero-order valence-electron chi connectivity index (χ0n) is 21.4. The number of alkyl halides is 3. The van der Waals surface area contributed by atoms with Crippen LogP contribution in [0.2, 0.25) is 0 Å². The van der Waals surface area contributed by atoms with E-state index in [1.165, 1.54) is 34.6 Å². The van der Waals surface area contributed by atoms with E-state index in [-0.39, 0.29) is 41.6 Å². The normalized spacial score (nSPS) is 18.9. The predicted molar refractivity (Wildman–Crippen MR) is 145 cm³/mol. The molecule has 0 bridgehead atoms. The number of hydrogen-bond donors (Lipinski definition) is 1. The molecule has 218 valence electrons. The number of sulfonamides is 2. The molecule has 0 amide bonds. The van der Waals surface area contributed by atoms with Gasteiger partial charge in [0.1, 0.15) is 10.0 Å². The summed E-state index contributed by atoms with van der Waals surface area (Å²) in [4.78, 5) is 1.72. The molecule has 3 aromatic rings. The lowest BCUT2D eigenvalue weighted by atomic mass is 9.95. The van der Waals surface area contributed by atoms with E-state index in [0.29, 0.717) is 12.6 Å². The van der Waals surface area contributed by atoms with Crippen LogP contribution in [0.15, 0.2) is 70.3 Å². The van der Waals surface area contributed by atoms with Crippen molar-refractivity contribution in [3.8, 4) is 0 Å². The standard InChI is InChI=1S/C25H27F4N3O5S3/c1-24(33,25(27,28)29)18-5-9-20(10-6-18)31-14-13-30(40(36,37)23-4-3-15-38-23)16-22(31)17-32(39(2,34)35)21-11-7-19(26)8-12-21/h3-12,15,22,33H,13-14,16-17H2,1-2H3/t22-,24+/m1/s1. The Morgan fingerprint density at radius 2 is 1.62 bits per heavy atom. The second-order valence-corrected chi connectivity index (χ2v) is 14.5. The van der Waals surface area contributed by atoms with E-state index >= 15 is 0 Å². The molecule has 0 saturated carbocycles. The molecule has 4 rings (SSSR count). The Morgan fingerprint density at radius 3 is 2.15 bits per heavy atom. The molecule has 1 fully saturated rings. The number of aliphatic hydroxyl groups is 1. The van der Waals surface area contributed by atoms with Crippen molar-refractivity contribution in [2.24, 2.45) is 0 Å². The van der Waals surface area contributed by atoms with Crippen LogP contribution in [0.3, 0.4) is 0 Å². The van der Waals surface area contributed by atoms with Gasteiger partial charge in [-0.1, -0.05) is 18.2 Å². The van der Waals surface area contributed by atoms with E-state index in [9.17, 15) is 39.5 Å². The van der Waals surface area contributed by atoms with E-state index in [1.807, 2.05) is 0 Å². The second-order valence-electron chi connectivity index (χ2n) is 9.53. The summed E-state index contributed by atoms with van der Waals surface area (Å²) in [7, 11) is -7.81. The number of halogens is 4. The first-order chi connectivity index (χ1) is 18.5. The average Bonchev–Trinajstić information content (AvgIpc) is 3.43. The van der Waals surface area contributed by atoms with E-state index in [1.54, 1.807) is 16.3 Å². The summed E-state index contributed by atoms with van der Waals surface area (Å²) in [6, 6.07) is 12.1. The van der Waals surface area contributed by atoms with Crippen molar-refractivity contribution in [1.29, 1.82) is 0 Å². The highest BCUT2D eigenvalue weighted by atomic mass is 32.2. The topological polar surface area (TPSA) is 98.2 Å². The van der Waals surface area contributed by atoms with Gasteiger partial charge >= 0.3 is 6.18 Å². The van der Waals surface area contributed by atoms with Crippen molar-refractivity contribution < 1.29 is 39.5 Å². The molecule has 1 aliphatic heterocycles. The Labute approximate surface area is 234 Å². The minimum atomic E-state index is -4.91. The first-order valence-corrected chi connectivity index (χ1v) is 16.1. The van der Waals surface area contributed by atoms with Gasteiger partial charge in [0.25, 0.3) is 10.0 Å². The fourth-order valence-corrected chi connectivity index (χ4v) is 8.01. The van der Waals surface area contributed by atoms with Crippen molar-refractivity contribution in [2.45, 2.75) is 29.0 Å². The molecule has 2 atom stereocenters. The van der Waals surface area contributed by atoms with Crippen LogP contribution in [0.25, 0.3) is 0 Å². The zero-order valence-corrected chi connectivity index (χ0v) is 23.9. The van der Waals surface area contributed by atoms with Gasteiger partial charge < -0.3 is 10.0 Å². The molecule has 2 aromatic carbocycles. The Kier molecular flexibility index (Phi) is 8.26. The number of nitrogens with zero attached hydrogens (tertiary/aromatic N) is 3. The number of anilines is 2. The molecule has 0 spiro atoms. The first-order valence-electron chi connectivity index (χ1n) is 11.9. The maximum Gasteiger partial charge on any atom is 0.421 e. The van der Waals surface area contributed by atoms with Gasteiger partial charge in [-0.25, -0.2) is 21.2 Å². The maximum atomic E-state index is 13.6. The van der Waals surface area contributed by atoms with Gasteiger partial charge in [-0.2, -0.15) is 17.5 Å². The average molecular weight is 622 g/mol. The monoisotopic (exact) mass is 621 g/mol. The number of thiophene rings is 1. The molecular formula is C25H27F4N3O5S3. The predicted octanol–water partition coefficient (Wildman–Crippen LogP) is 4.00. The molecule has 40 heavy (non-hydrogen) atoms. The van der Waals surface area contributed by atoms with Crippen molar-refractivity contribution in [1.82, 2.24) is 4.31 Å². The van der Waals surface area contributed by atoms with Gasteiger partial charge in [0.15, 0.2) is 5.60 Å². The fourth-order valence-electron chi connectivity index (χ4n) is 4.45. The lowest BCUT2D eigenvalue weighted by molar-refractivity contribution is -0.258. The molecule has 1 aliphatic rings. The highest BCUT2D eigenvalue weighted by molar-refractivity contribution is 7.92. The summed E-state index contributed by atoms with van der Waals surface area (Å²) in [5.74, 6) is -0.570. The number of benzene rings is 2. The van der Waals surface area contributed by atoms with Crippen LogP contribution in [0, 0.1) is 5.82 Å².